The number of nitrogens with one attached hydrogen (secondary N) is 1. The maximum Gasteiger partial charge on any atom is 0.341 e. The molecule has 12 heteroatoms. The van der Waals surface area contributed by atoms with Gasteiger partial charge >= 0.3 is 5.97 Å². The molecule has 0 aliphatic heterocycles. The Hall–Kier alpha value is -2.60. The van der Waals surface area contributed by atoms with Crippen LogP contribution in [0, 0.1) is 0 Å². The summed E-state index contributed by atoms with van der Waals surface area (Å²) in [6, 6.07) is 10.7. The second-order valence-electron chi connectivity index (χ2n) is 7.25. The number of rotatable bonds is 9. The molecule has 182 valence electrons. The van der Waals surface area contributed by atoms with Crippen LogP contribution in [0.25, 0.3) is 22.7 Å². The van der Waals surface area contributed by atoms with Gasteiger partial charge in [-0.05, 0) is 52.2 Å². The van der Waals surface area contributed by atoms with E-state index in [1.54, 1.807) is 18.2 Å². The Labute approximate surface area is 223 Å². The molecule has 1 N–H and O–H groups in total. The third kappa shape index (κ3) is 5.80. The standard InChI is InChI=1S/C23H20BrClN4O4S2/c1-3-10-29-20(16-8-9-17(24)33-16)27-28-23(29)35-12-18(30)26-21-19(22(31)32-2)15(11-34-21)13-4-6-14(25)7-5-13/h4-9,11H,3,10,12H2,1-2H3,(H,26,30). The van der Waals surface area contributed by atoms with E-state index in [9.17, 15) is 9.59 Å². The molecule has 0 saturated heterocycles. The highest BCUT2D eigenvalue weighted by Gasteiger charge is 2.23. The first-order valence-electron chi connectivity index (χ1n) is 10.5. The molecular formula is C23H20BrClN4O4S2. The molecule has 0 fully saturated rings. The number of carbonyl (C=O) groups is 2. The van der Waals surface area contributed by atoms with Gasteiger partial charge in [0.1, 0.15) is 10.6 Å². The van der Waals surface area contributed by atoms with Gasteiger partial charge in [-0.25, -0.2) is 4.79 Å². The highest BCUT2D eigenvalue weighted by molar-refractivity contribution is 9.10. The lowest BCUT2D eigenvalue weighted by Crippen LogP contribution is -2.16. The molecule has 0 unspecified atom stereocenters. The maximum atomic E-state index is 12.8. The van der Waals surface area contributed by atoms with E-state index < -0.39 is 5.97 Å². The van der Waals surface area contributed by atoms with E-state index in [1.165, 1.54) is 30.2 Å². The molecule has 0 radical (unpaired) electrons. The molecule has 35 heavy (non-hydrogen) atoms. The molecule has 0 atom stereocenters. The van der Waals surface area contributed by atoms with Crippen LogP contribution in [-0.4, -0.2) is 39.5 Å². The minimum atomic E-state index is -0.531. The first-order valence-corrected chi connectivity index (χ1v) is 13.5. The number of thioether (sulfide) groups is 1. The fourth-order valence-corrected chi connectivity index (χ4v) is 5.50. The highest BCUT2D eigenvalue weighted by Crippen LogP contribution is 2.37. The average molecular weight is 596 g/mol. The first-order chi connectivity index (χ1) is 16.9. The van der Waals surface area contributed by atoms with E-state index in [1.807, 2.05) is 35.1 Å². The molecule has 4 rings (SSSR count). The van der Waals surface area contributed by atoms with Crippen molar-refractivity contribution in [3.63, 3.8) is 0 Å². The number of halogens is 2. The van der Waals surface area contributed by atoms with Crippen LogP contribution in [0.5, 0.6) is 0 Å². The summed E-state index contributed by atoms with van der Waals surface area (Å²) in [5, 5.41) is 14.8. The van der Waals surface area contributed by atoms with Crippen molar-refractivity contribution in [3.05, 3.63) is 57.0 Å². The SMILES string of the molecule is CCCn1c(SCC(=O)Nc2scc(-c3ccc(Cl)cc3)c2C(=O)OC)nnc1-c1ccc(Br)o1. The monoisotopic (exact) mass is 594 g/mol. The lowest BCUT2D eigenvalue weighted by Gasteiger charge is -2.09. The van der Waals surface area contributed by atoms with Gasteiger partial charge in [-0.15, -0.1) is 21.5 Å². The first kappa shape index (κ1) is 25.5. The molecule has 0 aliphatic rings. The normalized spacial score (nSPS) is 11.0. The number of furan rings is 1. The minimum Gasteiger partial charge on any atom is -0.465 e. The van der Waals surface area contributed by atoms with E-state index >= 15 is 0 Å². The number of nitrogens with zero attached hydrogens (tertiary/aromatic N) is 3. The van der Waals surface area contributed by atoms with Gasteiger partial charge in [0.05, 0.1) is 12.9 Å². The van der Waals surface area contributed by atoms with Crippen LogP contribution in [0.2, 0.25) is 5.02 Å². The lowest BCUT2D eigenvalue weighted by molar-refractivity contribution is -0.113. The van der Waals surface area contributed by atoms with E-state index in [2.05, 4.69) is 31.4 Å². The van der Waals surface area contributed by atoms with E-state index in [4.69, 9.17) is 20.8 Å². The molecule has 0 aliphatic carbocycles. The van der Waals surface area contributed by atoms with E-state index in [-0.39, 0.29) is 11.7 Å². The Bertz CT molecular complexity index is 1350. The summed E-state index contributed by atoms with van der Waals surface area (Å²) in [5.41, 5.74) is 1.77. The number of benzene rings is 1. The van der Waals surface area contributed by atoms with E-state index in [0.717, 1.165) is 12.0 Å². The van der Waals surface area contributed by atoms with Crippen molar-refractivity contribution in [2.45, 2.75) is 25.0 Å². The second-order valence-corrected chi connectivity index (χ2v) is 10.3. The van der Waals surface area contributed by atoms with Gasteiger partial charge in [0.25, 0.3) is 0 Å². The molecule has 0 saturated carbocycles. The largest absolute Gasteiger partial charge is 0.465 e. The number of amides is 1. The van der Waals surface area contributed by atoms with Crippen LogP contribution in [0.3, 0.4) is 0 Å². The van der Waals surface area contributed by atoms with Crippen LogP contribution < -0.4 is 5.32 Å². The van der Waals surface area contributed by atoms with Crippen molar-refractivity contribution in [3.8, 4) is 22.7 Å². The van der Waals surface area contributed by atoms with Crippen molar-refractivity contribution in [2.75, 3.05) is 18.2 Å². The number of hydrogen-bond acceptors (Lipinski definition) is 8. The third-order valence-corrected chi connectivity index (χ3v) is 7.42. The smallest absolute Gasteiger partial charge is 0.341 e. The second kappa shape index (κ2) is 11.4. The van der Waals surface area contributed by atoms with Crippen molar-refractivity contribution in [1.82, 2.24) is 14.8 Å². The van der Waals surface area contributed by atoms with Crippen molar-refractivity contribution < 1.29 is 18.7 Å². The predicted molar refractivity (Wildman–Crippen MR) is 141 cm³/mol. The van der Waals surface area contributed by atoms with Crippen molar-refractivity contribution in [2.24, 2.45) is 0 Å². The highest BCUT2D eigenvalue weighted by atomic mass is 79.9. The van der Waals surface area contributed by atoms with Crippen molar-refractivity contribution >= 4 is 67.5 Å². The summed E-state index contributed by atoms with van der Waals surface area (Å²) in [6.07, 6.45) is 0.859. The Balaban J connectivity index is 1.51. The quantitative estimate of drug-likeness (QED) is 0.172. The van der Waals surface area contributed by atoms with Crippen molar-refractivity contribution in [1.29, 1.82) is 0 Å². The maximum absolute atomic E-state index is 12.8. The average Bonchev–Trinajstić information content (AvgIpc) is 3.57. The van der Waals surface area contributed by atoms with Crippen LogP contribution in [-0.2, 0) is 16.1 Å². The fourth-order valence-electron chi connectivity index (χ4n) is 3.33. The summed E-state index contributed by atoms with van der Waals surface area (Å²) >= 11 is 11.8. The van der Waals surface area contributed by atoms with E-state index in [0.29, 0.717) is 49.1 Å². The lowest BCUT2D eigenvalue weighted by atomic mass is 10.0. The molecule has 0 spiro atoms. The van der Waals surface area contributed by atoms with Gasteiger partial charge in [0, 0.05) is 22.5 Å². The number of thiophene rings is 1. The van der Waals surface area contributed by atoms with Gasteiger partial charge in [-0.1, -0.05) is 42.4 Å². The van der Waals surface area contributed by atoms with Crippen LogP contribution in [0.4, 0.5) is 5.00 Å². The zero-order chi connectivity index (χ0) is 24.9. The zero-order valence-electron chi connectivity index (χ0n) is 18.7. The van der Waals surface area contributed by atoms with Gasteiger partial charge in [-0.2, -0.15) is 0 Å². The Kier molecular flexibility index (Phi) is 8.32. The molecule has 3 aromatic heterocycles. The topological polar surface area (TPSA) is 99.2 Å². The van der Waals surface area contributed by atoms with Gasteiger partial charge < -0.3 is 14.5 Å². The van der Waals surface area contributed by atoms with Gasteiger partial charge in [0.15, 0.2) is 15.6 Å². The van der Waals surface area contributed by atoms with Gasteiger partial charge in [-0.3, -0.25) is 9.36 Å². The van der Waals surface area contributed by atoms with Crippen LogP contribution in [0.15, 0.2) is 56.0 Å². The molecule has 1 aromatic carbocycles. The van der Waals surface area contributed by atoms with Crippen LogP contribution in [0.1, 0.15) is 23.7 Å². The van der Waals surface area contributed by atoms with Gasteiger partial charge in [0.2, 0.25) is 11.7 Å². The minimum absolute atomic E-state index is 0.0818. The summed E-state index contributed by atoms with van der Waals surface area (Å²) < 4.78 is 13.1. The Morgan fingerprint density at radius 3 is 2.66 bits per heavy atom. The summed E-state index contributed by atoms with van der Waals surface area (Å²) in [5.74, 6) is 0.455. The molecule has 4 aromatic rings. The summed E-state index contributed by atoms with van der Waals surface area (Å²) in [6.45, 7) is 2.72. The molecule has 0 bridgehead atoms. The fraction of sp³-hybridized carbons (Fsp3) is 0.217. The van der Waals surface area contributed by atoms with Crippen LogP contribution >= 0.6 is 50.6 Å². The number of aromatic nitrogens is 3. The Morgan fingerprint density at radius 1 is 1.23 bits per heavy atom. The summed E-state index contributed by atoms with van der Waals surface area (Å²) in [7, 11) is 1.31. The summed E-state index contributed by atoms with van der Waals surface area (Å²) in [4.78, 5) is 25.4. The molecule has 3 heterocycles. The third-order valence-electron chi connectivity index (χ3n) is 4.88. The molecule has 8 nitrogen and oxygen atoms in total. The zero-order valence-corrected chi connectivity index (χ0v) is 22.7. The Morgan fingerprint density at radius 2 is 2.00 bits per heavy atom. The number of ether oxygens (including phenoxy) is 1. The predicted octanol–water partition coefficient (Wildman–Crippen LogP) is 6.61. The molecular weight excluding hydrogens is 576 g/mol. The number of methoxy groups -OCH3 is 1. The number of hydrogen-bond donors (Lipinski definition) is 1. The number of anilines is 1. The number of esters is 1. The molecule has 1 amide bonds. The number of carbonyl (C=O) groups excluding carboxylic acids is 2.